The lowest BCUT2D eigenvalue weighted by Crippen LogP contribution is -2.36. The Balaban J connectivity index is 1.56. The molecule has 0 unspecified atom stereocenters. The first-order valence-electron chi connectivity index (χ1n) is 8.15. The Morgan fingerprint density at radius 1 is 1.08 bits per heavy atom. The van der Waals surface area contributed by atoms with Gasteiger partial charge in [0.05, 0.1) is 0 Å². The van der Waals surface area contributed by atoms with Crippen LogP contribution in [0, 0.1) is 0 Å². The molecular weight excluding hydrogens is 332 g/mol. The van der Waals surface area contributed by atoms with Gasteiger partial charge in [0, 0.05) is 29.2 Å². The van der Waals surface area contributed by atoms with E-state index >= 15 is 0 Å². The molecule has 25 heavy (non-hydrogen) atoms. The molecule has 0 saturated carbocycles. The van der Waals surface area contributed by atoms with Gasteiger partial charge in [0.1, 0.15) is 12.7 Å². The van der Waals surface area contributed by atoms with Crippen molar-refractivity contribution >= 4 is 17.7 Å². The van der Waals surface area contributed by atoms with Crippen LogP contribution in [0.4, 0.5) is 0 Å². The molecule has 6 heteroatoms. The van der Waals surface area contributed by atoms with Crippen molar-refractivity contribution in [1.29, 1.82) is 0 Å². The van der Waals surface area contributed by atoms with Gasteiger partial charge in [0.2, 0.25) is 0 Å². The molecule has 1 aromatic heterocycles. The Hall–Kier alpha value is -2.60. The third-order valence-corrected chi connectivity index (χ3v) is 5.25. The fraction of sp³-hybridized carbons (Fsp3) is 0.211. The van der Waals surface area contributed by atoms with Gasteiger partial charge in [0.25, 0.3) is 5.91 Å². The van der Waals surface area contributed by atoms with Crippen LogP contribution in [0.25, 0.3) is 5.69 Å². The Bertz CT molecular complexity index is 908. The third kappa shape index (κ3) is 3.17. The average Bonchev–Trinajstić information content (AvgIpc) is 3.21. The van der Waals surface area contributed by atoms with Gasteiger partial charge in [-0.25, -0.2) is 0 Å². The lowest BCUT2D eigenvalue weighted by Gasteiger charge is -2.29. The van der Waals surface area contributed by atoms with Crippen LogP contribution in [0.3, 0.4) is 0 Å². The molecule has 0 aliphatic carbocycles. The molecule has 1 aliphatic rings. The fourth-order valence-electron chi connectivity index (χ4n) is 3.15. The van der Waals surface area contributed by atoms with E-state index in [1.54, 1.807) is 29.0 Å². The first-order valence-corrected chi connectivity index (χ1v) is 9.37. The highest BCUT2D eigenvalue weighted by molar-refractivity contribution is 7.98. The molecule has 0 atom stereocenters. The zero-order valence-electron chi connectivity index (χ0n) is 13.9. The highest BCUT2D eigenvalue weighted by Crippen LogP contribution is 2.25. The van der Waals surface area contributed by atoms with Gasteiger partial charge in [-0.2, -0.15) is 0 Å². The van der Waals surface area contributed by atoms with Gasteiger partial charge in [0.15, 0.2) is 0 Å². The molecule has 0 bridgehead atoms. The number of hydrogen-bond acceptors (Lipinski definition) is 4. The second kappa shape index (κ2) is 6.72. The molecule has 5 nitrogen and oxygen atoms in total. The SMILES string of the molecule is CSc1ccc2c(c1)CCN(C(=O)c1cccc(-n3cnnc3)c1)C2. The summed E-state index contributed by atoms with van der Waals surface area (Å²) >= 11 is 1.75. The molecule has 2 heterocycles. The number of rotatable bonds is 3. The molecule has 0 radical (unpaired) electrons. The highest BCUT2D eigenvalue weighted by atomic mass is 32.2. The number of amides is 1. The average molecular weight is 350 g/mol. The van der Waals surface area contributed by atoms with Crippen molar-refractivity contribution in [1.82, 2.24) is 19.7 Å². The second-order valence-corrected chi connectivity index (χ2v) is 6.91. The second-order valence-electron chi connectivity index (χ2n) is 6.03. The Kier molecular flexibility index (Phi) is 4.28. The van der Waals surface area contributed by atoms with Gasteiger partial charge in [-0.3, -0.25) is 9.36 Å². The van der Waals surface area contributed by atoms with E-state index in [-0.39, 0.29) is 5.91 Å². The summed E-state index contributed by atoms with van der Waals surface area (Å²) in [7, 11) is 0. The Labute approximate surface area is 150 Å². The Morgan fingerprint density at radius 3 is 2.72 bits per heavy atom. The standard InChI is InChI=1S/C19H18N4OS/c1-25-18-6-5-16-11-22(8-7-14(16)10-18)19(24)15-3-2-4-17(9-15)23-12-20-21-13-23/h2-6,9-10,12-13H,7-8,11H2,1H3. The normalized spacial score (nSPS) is 13.6. The van der Waals surface area contributed by atoms with Crippen LogP contribution < -0.4 is 0 Å². The summed E-state index contributed by atoms with van der Waals surface area (Å²) in [5.41, 5.74) is 4.18. The number of benzene rings is 2. The van der Waals surface area contributed by atoms with E-state index in [9.17, 15) is 4.79 Å². The maximum atomic E-state index is 12.9. The number of aromatic nitrogens is 3. The minimum Gasteiger partial charge on any atom is -0.334 e. The van der Waals surface area contributed by atoms with Gasteiger partial charge in [-0.05, 0) is 54.1 Å². The highest BCUT2D eigenvalue weighted by Gasteiger charge is 2.22. The van der Waals surface area contributed by atoms with Crippen LogP contribution in [0.5, 0.6) is 0 Å². The lowest BCUT2D eigenvalue weighted by atomic mass is 9.99. The van der Waals surface area contributed by atoms with Crippen LogP contribution >= 0.6 is 11.8 Å². The molecule has 0 N–H and O–H groups in total. The van der Waals surface area contributed by atoms with Crippen molar-refractivity contribution in [3.63, 3.8) is 0 Å². The maximum absolute atomic E-state index is 12.9. The number of carbonyl (C=O) groups excluding carboxylic acids is 1. The summed E-state index contributed by atoms with van der Waals surface area (Å²) in [4.78, 5) is 16.1. The minimum atomic E-state index is 0.0644. The molecular formula is C19H18N4OS. The first-order chi connectivity index (χ1) is 12.2. The summed E-state index contributed by atoms with van der Waals surface area (Å²) in [5, 5.41) is 7.64. The summed E-state index contributed by atoms with van der Waals surface area (Å²) in [5.74, 6) is 0.0644. The van der Waals surface area contributed by atoms with Crippen molar-refractivity contribution in [2.24, 2.45) is 0 Å². The van der Waals surface area contributed by atoms with Crippen LogP contribution in [0.2, 0.25) is 0 Å². The fourth-order valence-corrected chi connectivity index (χ4v) is 3.61. The Morgan fingerprint density at radius 2 is 1.92 bits per heavy atom. The summed E-state index contributed by atoms with van der Waals surface area (Å²) in [6, 6.07) is 14.1. The van der Waals surface area contributed by atoms with Gasteiger partial charge < -0.3 is 4.90 Å². The summed E-state index contributed by atoms with van der Waals surface area (Å²) < 4.78 is 1.80. The first kappa shape index (κ1) is 15.9. The molecule has 3 aromatic rings. The van der Waals surface area contributed by atoms with E-state index in [0.717, 1.165) is 18.7 Å². The molecule has 126 valence electrons. The van der Waals surface area contributed by atoms with Crippen molar-refractivity contribution in [3.8, 4) is 5.69 Å². The van der Waals surface area contributed by atoms with Crippen LogP contribution in [0.15, 0.2) is 60.0 Å². The quantitative estimate of drug-likeness (QED) is 0.681. The lowest BCUT2D eigenvalue weighted by molar-refractivity contribution is 0.0734. The topological polar surface area (TPSA) is 51.0 Å². The molecule has 0 fully saturated rings. The van der Waals surface area contributed by atoms with E-state index in [0.29, 0.717) is 12.1 Å². The van der Waals surface area contributed by atoms with E-state index in [4.69, 9.17) is 0 Å². The van der Waals surface area contributed by atoms with Crippen molar-refractivity contribution in [2.45, 2.75) is 17.9 Å². The van der Waals surface area contributed by atoms with Crippen LogP contribution in [-0.4, -0.2) is 38.4 Å². The largest absolute Gasteiger partial charge is 0.334 e. The van der Waals surface area contributed by atoms with E-state index in [1.807, 2.05) is 29.2 Å². The maximum Gasteiger partial charge on any atom is 0.254 e. The van der Waals surface area contributed by atoms with Crippen molar-refractivity contribution in [2.75, 3.05) is 12.8 Å². The van der Waals surface area contributed by atoms with Gasteiger partial charge in [-0.15, -0.1) is 22.0 Å². The zero-order chi connectivity index (χ0) is 17.2. The molecule has 4 rings (SSSR count). The number of thioether (sulfide) groups is 1. The van der Waals surface area contributed by atoms with Gasteiger partial charge in [-0.1, -0.05) is 12.1 Å². The molecule has 1 amide bonds. The molecule has 0 spiro atoms. The predicted molar refractivity (Wildman–Crippen MR) is 98.0 cm³/mol. The minimum absolute atomic E-state index is 0.0644. The van der Waals surface area contributed by atoms with Crippen LogP contribution in [-0.2, 0) is 13.0 Å². The van der Waals surface area contributed by atoms with Crippen LogP contribution in [0.1, 0.15) is 21.5 Å². The molecule has 2 aromatic carbocycles. The number of hydrogen-bond donors (Lipinski definition) is 0. The molecule has 1 aliphatic heterocycles. The monoisotopic (exact) mass is 350 g/mol. The predicted octanol–water partition coefficient (Wildman–Crippen LogP) is 3.19. The molecule has 0 saturated heterocycles. The van der Waals surface area contributed by atoms with Gasteiger partial charge >= 0.3 is 0 Å². The smallest absolute Gasteiger partial charge is 0.254 e. The van der Waals surface area contributed by atoms with E-state index in [2.05, 4.69) is 34.7 Å². The van der Waals surface area contributed by atoms with E-state index < -0.39 is 0 Å². The summed E-state index contributed by atoms with van der Waals surface area (Å²) in [6.45, 7) is 1.42. The zero-order valence-corrected chi connectivity index (χ0v) is 14.7. The van der Waals surface area contributed by atoms with Crippen molar-refractivity contribution < 1.29 is 4.79 Å². The summed E-state index contributed by atoms with van der Waals surface area (Å²) in [6.07, 6.45) is 6.25. The third-order valence-electron chi connectivity index (χ3n) is 4.52. The number of nitrogens with zero attached hydrogens (tertiary/aromatic N) is 4. The van der Waals surface area contributed by atoms with E-state index in [1.165, 1.54) is 16.0 Å². The van der Waals surface area contributed by atoms with Crippen molar-refractivity contribution in [3.05, 3.63) is 71.8 Å². The number of fused-ring (bicyclic) bond motifs is 1. The number of carbonyl (C=O) groups is 1.